The molecule has 0 rings (SSSR count). The monoisotopic (exact) mass is 314 g/mol. The van der Waals surface area contributed by atoms with Crippen molar-refractivity contribution in [3.05, 3.63) is 0 Å². The number of carboxylic acid groups (broad SMARTS) is 1. The molecule has 1 N–H and O–H groups in total. The predicted octanol–water partition coefficient (Wildman–Crippen LogP) is 4.95. The average molecular weight is 314 g/mol. The summed E-state index contributed by atoms with van der Waals surface area (Å²) < 4.78 is 5.38. The van der Waals surface area contributed by atoms with Gasteiger partial charge in [-0.1, -0.05) is 58.8 Å². The van der Waals surface area contributed by atoms with Crippen LogP contribution in [-0.2, 0) is 14.3 Å². The molecule has 0 aromatic carbocycles. The summed E-state index contributed by atoms with van der Waals surface area (Å²) in [6.07, 6.45) is 11.0. The van der Waals surface area contributed by atoms with Crippen molar-refractivity contribution in [3.63, 3.8) is 0 Å². The molecule has 0 amide bonds. The Morgan fingerprint density at radius 3 is 2.05 bits per heavy atom. The maximum absolute atomic E-state index is 12.1. The SMILES string of the molecule is CCCCCCOC(=O)C(CCCCCC)CCCC(=O)O. The molecule has 130 valence electrons. The van der Waals surface area contributed by atoms with Crippen molar-refractivity contribution < 1.29 is 19.4 Å². The summed E-state index contributed by atoms with van der Waals surface area (Å²) in [5.74, 6) is -1.04. The van der Waals surface area contributed by atoms with Crippen LogP contribution in [0.25, 0.3) is 0 Å². The molecule has 0 aliphatic heterocycles. The molecule has 0 fully saturated rings. The molecule has 4 heteroatoms. The van der Waals surface area contributed by atoms with Crippen molar-refractivity contribution in [2.24, 2.45) is 5.92 Å². The first-order valence-electron chi connectivity index (χ1n) is 9.00. The van der Waals surface area contributed by atoms with Crippen molar-refractivity contribution in [3.8, 4) is 0 Å². The third kappa shape index (κ3) is 12.7. The van der Waals surface area contributed by atoms with Gasteiger partial charge >= 0.3 is 11.9 Å². The molecule has 1 unspecified atom stereocenters. The summed E-state index contributed by atoms with van der Waals surface area (Å²) in [7, 11) is 0. The number of rotatable bonds is 15. The van der Waals surface area contributed by atoms with Gasteiger partial charge in [0.25, 0.3) is 0 Å². The molecule has 0 aliphatic rings. The minimum absolute atomic E-state index is 0.123. The molecule has 0 aromatic rings. The Hall–Kier alpha value is -1.06. The van der Waals surface area contributed by atoms with Gasteiger partial charge in [-0.3, -0.25) is 9.59 Å². The molecule has 1 atom stereocenters. The number of unbranched alkanes of at least 4 members (excludes halogenated alkanes) is 6. The molecule has 0 bridgehead atoms. The van der Waals surface area contributed by atoms with Gasteiger partial charge in [0.1, 0.15) is 0 Å². The van der Waals surface area contributed by atoms with Gasteiger partial charge in [0.15, 0.2) is 0 Å². The smallest absolute Gasteiger partial charge is 0.308 e. The van der Waals surface area contributed by atoms with Crippen LogP contribution in [0.4, 0.5) is 0 Å². The second kappa shape index (κ2) is 14.9. The zero-order valence-corrected chi connectivity index (χ0v) is 14.4. The van der Waals surface area contributed by atoms with Crippen LogP contribution in [0.5, 0.6) is 0 Å². The molecule has 0 aromatic heterocycles. The Labute approximate surface area is 135 Å². The fourth-order valence-corrected chi connectivity index (χ4v) is 2.52. The zero-order chi connectivity index (χ0) is 16.6. The van der Waals surface area contributed by atoms with Crippen molar-refractivity contribution in [2.75, 3.05) is 6.61 Å². The van der Waals surface area contributed by atoms with E-state index in [9.17, 15) is 9.59 Å². The van der Waals surface area contributed by atoms with Crippen LogP contribution < -0.4 is 0 Å². The highest BCUT2D eigenvalue weighted by molar-refractivity contribution is 5.72. The predicted molar refractivity (Wildman–Crippen MR) is 88.8 cm³/mol. The highest BCUT2D eigenvalue weighted by Crippen LogP contribution is 2.19. The number of ether oxygens (including phenoxy) is 1. The average Bonchev–Trinajstić information content (AvgIpc) is 2.49. The van der Waals surface area contributed by atoms with Gasteiger partial charge < -0.3 is 9.84 Å². The Bertz CT molecular complexity index is 289. The minimum atomic E-state index is -0.794. The molecule has 0 radical (unpaired) electrons. The van der Waals surface area contributed by atoms with E-state index in [0.29, 0.717) is 19.4 Å². The van der Waals surface area contributed by atoms with Crippen LogP contribution in [0.3, 0.4) is 0 Å². The molecule has 0 spiro atoms. The van der Waals surface area contributed by atoms with E-state index < -0.39 is 5.97 Å². The Balaban J connectivity index is 4.05. The summed E-state index contributed by atoms with van der Waals surface area (Å²) >= 11 is 0. The maximum Gasteiger partial charge on any atom is 0.308 e. The number of carbonyl (C=O) groups excluding carboxylic acids is 1. The molecule has 0 saturated heterocycles. The van der Waals surface area contributed by atoms with Crippen LogP contribution in [0.1, 0.15) is 90.9 Å². The highest BCUT2D eigenvalue weighted by atomic mass is 16.5. The van der Waals surface area contributed by atoms with E-state index in [1.165, 1.54) is 25.7 Å². The van der Waals surface area contributed by atoms with Gasteiger partial charge in [-0.25, -0.2) is 0 Å². The van der Waals surface area contributed by atoms with Gasteiger partial charge in [-0.05, 0) is 25.7 Å². The fourth-order valence-electron chi connectivity index (χ4n) is 2.52. The van der Waals surface area contributed by atoms with Gasteiger partial charge in [0.2, 0.25) is 0 Å². The van der Waals surface area contributed by atoms with Crippen LogP contribution in [0, 0.1) is 5.92 Å². The largest absolute Gasteiger partial charge is 0.481 e. The lowest BCUT2D eigenvalue weighted by Crippen LogP contribution is -2.19. The van der Waals surface area contributed by atoms with Crippen molar-refractivity contribution in [1.82, 2.24) is 0 Å². The third-order valence-corrected chi connectivity index (χ3v) is 3.92. The van der Waals surface area contributed by atoms with Crippen molar-refractivity contribution in [1.29, 1.82) is 0 Å². The van der Waals surface area contributed by atoms with E-state index in [-0.39, 0.29) is 18.3 Å². The normalized spacial score (nSPS) is 12.1. The lowest BCUT2D eigenvalue weighted by atomic mass is 9.95. The van der Waals surface area contributed by atoms with E-state index in [0.717, 1.165) is 32.1 Å². The summed E-state index contributed by atoms with van der Waals surface area (Å²) in [6, 6.07) is 0. The summed E-state index contributed by atoms with van der Waals surface area (Å²) in [6.45, 7) is 4.82. The van der Waals surface area contributed by atoms with Crippen LogP contribution in [0.15, 0.2) is 0 Å². The second-order valence-corrected chi connectivity index (χ2v) is 6.06. The standard InChI is InChI=1S/C18H34O4/c1-3-5-7-9-12-16(13-11-14-17(19)20)18(21)22-15-10-8-6-4-2/h16H,3-15H2,1-2H3,(H,19,20). The number of esters is 1. The highest BCUT2D eigenvalue weighted by Gasteiger charge is 2.19. The molecule has 0 saturated carbocycles. The zero-order valence-electron chi connectivity index (χ0n) is 14.4. The Morgan fingerprint density at radius 2 is 1.45 bits per heavy atom. The number of carboxylic acids is 1. The van der Waals surface area contributed by atoms with Gasteiger partial charge in [0, 0.05) is 6.42 Å². The molecular formula is C18H34O4. The number of carbonyl (C=O) groups is 2. The first-order valence-corrected chi connectivity index (χ1v) is 9.00. The van der Waals surface area contributed by atoms with Gasteiger partial charge in [-0.2, -0.15) is 0 Å². The quantitative estimate of drug-likeness (QED) is 0.343. The first-order chi connectivity index (χ1) is 10.6. The number of hydrogen-bond acceptors (Lipinski definition) is 3. The topological polar surface area (TPSA) is 63.6 Å². The van der Waals surface area contributed by atoms with E-state index >= 15 is 0 Å². The number of hydrogen-bond donors (Lipinski definition) is 1. The third-order valence-electron chi connectivity index (χ3n) is 3.92. The Morgan fingerprint density at radius 1 is 0.864 bits per heavy atom. The minimum Gasteiger partial charge on any atom is -0.481 e. The summed E-state index contributed by atoms with van der Waals surface area (Å²) in [5.41, 5.74) is 0. The molecule has 22 heavy (non-hydrogen) atoms. The van der Waals surface area contributed by atoms with Gasteiger partial charge in [0.05, 0.1) is 12.5 Å². The molecule has 0 heterocycles. The van der Waals surface area contributed by atoms with Crippen LogP contribution in [0.2, 0.25) is 0 Å². The van der Waals surface area contributed by atoms with Crippen LogP contribution in [-0.4, -0.2) is 23.7 Å². The summed E-state index contributed by atoms with van der Waals surface area (Å²) in [5, 5.41) is 8.72. The second-order valence-electron chi connectivity index (χ2n) is 6.06. The lowest BCUT2D eigenvalue weighted by molar-refractivity contribution is -0.149. The van der Waals surface area contributed by atoms with Crippen LogP contribution >= 0.6 is 0 Å². The van der Waals surface area contributed by atoms with Crippen molar-refractivity contribution >= 4 is 11.9 Å². The van der Waals surface area contributed by atoms with E-state index in [4.69, 9.17) is 9.84 Å². The first kappa shape index (κ1) is 20.9. The fraction of sp³-hybridized carbons (Fsp3) is 0.889. The molecule has 0 aliphatic carbocycles. The number of aliphatic carboxylic acids is 1. The van der Waals surface area contributed by atoms with Crippen molar-refractivity contribution in [2.45, 2.75) is 90.9 Å². The molecular weight excluding hydrogens is 280 g/mol. The Kier molecular flexibility index (Phi) is 14.1. The summed E-state index contributed by atoms with van der Waals surface area (Å²) in [4.78, 5) is 22.8. The van der Waals surface area contributed by atoms with E-state index in [1.54, 1.807) is 0 Å². The molecule has 4 nitrogen and oxygen atoms in total. The van der Waals surface area contributed by atoms with E-state index in [1.807, 2.05) is 0 Å². The lowest BCUT2D eigenvalue weighted by Gasteiger charge is -2.15. The van der Waals surface area contributed by atoms with E-state index in [2.05, 4.69) is 13.8 Å². The maximum atomic E-state index is 12.1. The van der Waals surface area contributed by atoms with Gasteiger partial charge in [-0.15, -0.1) is 0 Å².